The van der Waals surface area contributed by atoms with Crippen LogP contribution < -0.4 is 0 Å². The summed E-state index contributed by atoms with van der Waals surface area (Å²) < 4.78 is 84.6. The van der Waals surface area contributed by atoms with Crippen molar-refractivity contribution in [3.8, 4) is 0 Å². The molecule has 2 aromatic rings. The minimum Gasteiger partial charge on any atom is -0.469 e. The molecule has 0 aliphatic rings. The Kier molecular flexibility index (Phi) is 9.54. The van der Waals surface area contributed by atoms with Crippen molar-refractivity contribution in [2.24, 2.45) is 5.92 Å². The zero-order valence-electron chi connectivity index (χ0n) is 18.4. The number of rotatable bonds is 10. The number of thioether (sulfide) groups is 1. The Morgan fingerprint density at radius 3 is 2.18 bits per heavy atom. The molecular weight excluding hydrogens is 484 g/mol. The Hall–Kier alpha value is -2.56. The summed E-state index contributed by atoms with van der Waals surface area (Å²) in [5.41, 5.74) is -2.45. The number of esters is 1. The Morgan fingerprint density at radius 1 is 1.00 bits per heavy atom. The fourth-order valence-electron chi connectivity index (χ4n) is 3.53. The lowest BCUT2D eigenvalue weighted by Gasteiger charge is -2.22. The summed E-state index contributed by atoms with van der Waals surface area (Å²) in [7, 11) is 1.17. The number of ketones is 1. The van der Waals surface area contributed by atoms with E-state index >= 15 is 0 Å². The number of hydrogen-bond acceptors (Lipinski definition) is 5. The molecule has 2 atom stereocenters. The largest absolute Gasteiger partial charge is 0.469 e. The van der Waals surface area contributed by atoms with Gasteiger partial charge >= 0.3 is 18.3 Å². The molecule has 4 nitrogen and oxygen atoms in total. The monoisotopic (exact) mass is 507 g/mol. The standard InChI is InChI=1S/C23H23F6NO3S/c1-33-21(32)15(9-11-34-2)12-17(31)13-18(14-5-7-16(8-6-14)22(24,25)26)20-19(23(27,28)29)4-3-10-30-20/h3-8,10,15,18H,9,11-13H2,1-2H3/t15-,18+/m1/s1. The zero-order valence-corrected chi connectivity index (χ0v) is 19.2. The number of aromatic nitrogens is 1. The molecule has 34 heavy (non-hydrogen) atoms. The van der Waals surface area contributed by atoms with Gasteiger partial charge in [0.1, 0.15) is 5.78 Å². The van der Waals surface area contributed by atoms with Crippen LogP contribution in [0.5, 0.6) is 0 Å². The van der Waals surface area contributed by atoms with E-state index in [1.807, 2.05) is 6.26 Å². The lowest BCUT2D eigenvalue weighted by Crippen LogP contribution is -2.23. The molecule has 0 saturated heterocycles. The van der Waals surface area contributed by atoms with Gasteiger partial charge in [-0.1, -0.05) is 12.1 Å². The van der Waals surface area contributed by atoms with E-state index in [1.165, 1.54) is 18.9 Å². The number of alkyl halides is 6. The maximum absolute atomic E-state index is 13.6. The lowest BCUT2D eigenvalue weighted by atomic mass is 9.85. The third-order valence-corrected chi connectivity index (χ3v) is 5.87. The molecule has 0 radical (unpaired) electrons. The molecule has 0 spiro atoms. The van der Waals surface area contributed by atoms with Gasteiger partial charge in [0.2, 0.25) is 0 Å². The first kappa shape index (κ1) is 27.7. The number of nitrogens with zero attached hydrogens (tertiary/aromatic N) is 1. The topological polar surface area (TPSA) is 56.3 Å². The number of benzene rings is 1. The number of halogens is 6. The molecule has 1 aromatic carbocycles. The van der Waals surface area contributed by atoms with Crippen molar-refractivity contribution in [3.05, 3.63) is 65.0 Å². The highest BCUT2D eigenvalue weighted by atomic mass is 32.2. The van der Waals surface area contributed by atoms with Crippen LogP contribution in [0.3, 0.4) is 0 Å². The predicted molar refractivity (Wildman–Crippen MR) is 115 cm³/mol. The second-order valence-corrected chi connectivity index (χ2v) is 8.54. The summed E-state index contributed by atoms with van der Waals surface area (Å²) in [6, 6.07) is 5.48. The van der Waals surface area contributed by atoms with Crippen molar-refractivity contribution in [1.82, 2.24) is 4.98 Å². The molecule has 0 N–H and O–H groups in total. The van der Waals surface area contributed by atoms with E-state index in [4.69, 9.17) is 4.74 Å². The van der Waals surface area contributed by atoms with Crippen LogP contribution in [0.2, 0.25) is 0 Å². The van der Waals surface area contributed by atoms with Crippen molar-refractivity contribution in [2.45, 2.75) is 37.5 Å². The molecule has 186 valence electrons. The third kappa shape index (κ3) is 7.48. The van der Waals surface area contributed by atoms with Crippen molar-refractivity contribution in [3.63, 3.8) is 0 Å². The number of ether oxygens (including phenoxy) is 1. The van der Waals surface area contributed by atoms with Crippen LogP contribution in [-0.4, -0.2) is 35.9 Å². The number of carbonyl (C=O) groups excluding carboxylic acids is 2. The van der Waals surface area contributed by atoms with Crippen molar-refractivity contribution in [1.29, 1.82) is 0 Å². The zero-order chi connectivity index (χ0) is 25.5. The van der Waals surface area contributed by atoms with Gasteiger partial charge in [-0.25, -0.2) is 0 Å². The first-order valence-electron chi connectivity index (χ1n) is 10.2. The maximum Gasteiger partial charge on any atom is 0.418 e. The van der Waals surface area contributed by atoms with Crippen LogP contribution in [0.25, 0.3) is 0 Å². The summed E-state index contributed by atoms with van der Waals surface area (Å²) in [5, 5.41) is 0. The van der Waals surface area contributed by atoms with Gasteiger partial charge in [-0.2, -0.15) is 38.1 Å². The van der Waals surface area contributed by atoms with Crippen LogP contribution in [0.15, 0.2) is 42.6 Å². The van der Waals surface area contributed by atoms with Gasteiger partial charge in [-0.15, -0.1) is 0 Å². The fraction of sp³-hybridized carbons (Fsp3) is 0.435. The van der Waals surface area contributed by atoms with Gasteiger partial charge in [-0.05, 0) is 48.3 Å². The first-order chi connectivity index (χ1) is 15.9. The molecule has 0 saturated carbocycles. The minimum atomic E-state index is -4.79. The van der Waals surface area contributed by atoms with Crippen LogP contribution in [0, 0.1) is 5.92 Å². The molecule has 2 rings (SSSR count). The molecule has 11 heteroatoms. The lowest BCUT2D eigenvalue weighted by molar-refractivity contribution is -0.147. The molecule has 0 bridgehead atoms. The Labute approximate surface area is 197 Å². The summed E-state index contributed by atoms with van der Waals surface area (Å²) in [6.45, 7) is 0. The van der Waals surface area contributed by atoms with Crippen LogP contribution in [-0.2, 0) is 26.7 Å². The highest BCUT2D eigenvalue weighted by Crippen LogP contribution is 2.39. The van der Waals surface area contributed by atoms with E-state index in [1.54, 1.807) is 0 Å². The average molecular weight is 507 g/mol. The number of Topliss-reactive ketones (excluding diaryl/α,β-unsaturated/α-hetero) is 1. The number of carbonyl (C=O) groups is 2. The van der Waals surface area contributed by atoms with Gasteiger partial charge in [-0.3, -0.25) is 14.6 Å². The van der Waals surface area contributed by atoms with Crippen LogP contribution >= 0.6 is 11.8 Å². The number of pyridine rings is 1. The first-order valence-corrected chi connectivity index (χ1v) is 11.6. The van der Waals surface area contributed by atoms with Crippen molar-refractivity contribution >= 4 is 23.5 Å². The average Bonchev–Trinajstić information content (AvgIpc) is 2.78. The van der Waals surface area contributed by atoms with Gasteiger partial charge in [0.25, 0.3) is 0 Å². The summed E-state index contributed by atoms with van der Waals surface area (Å²) in [6.07, 6.45) is -6.88. The van der Waals surface area contributed by atoms with Gasteiger partial charge in [0, 0.05) is 25.0 Å². The molecule has 1 heterocycles. The molecule has 0 amide bonds. The Balaban J connectivity index is 2.44. The van der Waals surface area contributed by atoms with Gasteiger partial charge in [0.05, 0.1) is 29.8 Å². The van der Waals surface area contributed by atoms with E-state index in [0.29, 0.717) is 12.2 Å². The molecule has 1 aromatic heterocycles. The minimum absolute atomic E-state index is 0.0734. The third-order valence-electron chi connectivity index (χ3n) is 5.23. The normalized spacial score (nSPS) is 13.9. The number of hydrogen-bond donors (Lipinski definition) is 0. The van der Waals surface area contributed by atoms with E-state index < -0.39 is 59.2 Å². The Bertz CT molecular complexity index is 976. The quantitative estimate of drug-likeness (QED) is 0.286. The highest BCUT2D eigenvalue weighted by Gasteiger charge is 2.38. The molecule has 0 fully saturated rings. The maximum atomic E-state index is 13.6. The number of methoxy groups -OCH3 is 1. The predicted octanol–water partition coefficient (Wildman–Crippen LogP) is 6.14. The summed E-state index contributed by atoms with van der Waals surface area (Å²) in [5.74, 6) is -2.61. The van der Waals surface area contributed by atoms with E-state index in [2.05, 4.69) is 4.98 Å². The second kappa shape index (κ2) is 11.7. The second-order valence-electron chi connectivity index (χ2n) is 7.55. The van der Waals surface area contributed by atoms with Crippen LogP contribution in [0.1, 0.15) is 47.6 Å². The van der Waals surface area contributed by atoms with Gasteiger partial charge < -0.3 is 4.74 Å². The molecule has 0 unspecified atom stereocenters. The van der Waals surface area contributed by atoms with Crippen molar-refractivity contribution in [2.75, 3.05) is 19.1 Å². The van der Waals surface area contributed by atoms with E-state index in [-0.39, 0.29) is 12.0 Å². The summed E-state index contributed by atoms with van der Waals surface area (Å²) >= 11 is 1.45. The highest BCUT2D eigenvalue weighted by molar-refractivity contribution is 7.98. The summed E-state index contributed by atoms with van der Waals surface area (Å²) in [4.78, 5) is 28.8. The Morgan fingerprint density at radius 2 is 1.65 bits per heavy atom. The van der Waals surface area contributed by atoms with Crippen molar-refractivity contribution < 1.29 is 40.7 Å². The SMILES string of the molecule is COC(=O)[C@H](CCSC)CC(=O)C[C@@H](c1ccc(C(F)(F)F)cc1)c1ncccc1C(F)(F)F. The van der Waals surface area contributed by atoms with Crippen LogP contribution in [0.4, 0.5) is 26.3 Å². The smallest absolute Gasteiger partial charge is 0.418 e. The van der Waals surface area contributed by atoms with E-state index in [9.17, 15) is 35.9 Å². The molecule has 0 aliphatic carbocycles. The van der Waals surface area contributed by atoms with Gasteiger partial charge in [0.15, 0.2) is 0 Å². The molecule has 0 aliphatic heterocycles. The van der Waals surface area contributed by atoms with E-state index in [0.717, 1.165) is 42.6 Å². The molecular formula is C23H23F6NO3S. The fourth-order valence-corrected chi connectivity index (χ4v) is 4.05.